The average Bonchev–Trinajstić information content (AvgIpc) is 3.07. The van der Waals surface area contributed by atoms with Crippen LogP contribution in [0.1, 0.15) is 47.2 Å². The highest BCUT2D eigenvalue weighted by atomic mass is 35.5. The zero-order valence-electron chi connectivity index (χ0n) is 15.3. The molecule has 0 saturated heterocycles. The van der Waals surface area contributed by atoms with Crippen LogP contribution in [0.2, 0.25) is 5.02 Å². The van der Waals surface area contributed by atoms with E-state index in [2.05, 4.69) is 4.98 Å². The van der Waals surface area contributed by atoms with E-state index in [9.17, 15) is 9.18 Å². The molecule has 0 N–H and O–H groups in total. The molecule has 2 aromatic carbocycles. The van der Waals surface area contributed by atoms with Crippen LogP contribution in [-0.2, 0) is 4.74 Å². The smallest absolute Gasteiger partial charge is 0.358 e. The van der Waals surface area contributed by atoms with Gasteiger partial charge in [0.2, 0.25) is 0 Å². The van der Waals surface area contributed by atoms with E-state index >= 15 is 0 Å². The van der Waals surface area contributed by atoms with Gasteiger partial charge in [-0.05, 0) is 44.2 Å². The molecule has 142 valence electrons. The van der Waals surface area contributed by atoms with Gasteiger partial charge in [0, 0.05) is 16.1 Å². The molecule has 0 fully saturated rings. The lowest BCUT2D eigenvalue weighted by atomic mass is 10.00. The number of halogens is 2. The maximum absolute atomic E-state index is 14.6. The molecule has 0 unspecified atom stereocenters. The lowest BCUT2D eigenvalue weighted by Gasteiger charge is -2.12. The van der Waals surface area contributed by atoms with Crippen LogP contribution in [0.15, 0.2) is 53.8 Å². The fraction of sp³-hybridized carbons (Fsp3) is 0.190. The van der Waals surface area contributed by atoms with Crippen molar-refractivity contribution in [2.24, 2.45) is 4.99 Å². The van der Waals surface area contributed by atoms with Crippen LogP contribution in [0.25, 0.3) is 5.69 Å². The van der Waals surface area contributed by atoms with Gasteiger partial charge in [-0.2, -0.15) is 0 Å². The summed E-state index contributed by atoms with van der Waals surface area (Å²) in [6.45, 7) is 3.82. The van der Waals surface area contributed by atoms with Crippen molar-refractivity contribution in [3.05, 3.63) is 82.1 Å². The van der Waals surface area contributed by atoms with Crippen LogP contribution >= 0.6 is 11.6 Å². The standard InChI is InChI=1S/C21H17ClFN3O2/c1-3-28-21(27)19-20-12(2)25-18(14-6-4-5-7-16(14)23)15-10-13(22)8-9-17(15)26(20)11-24-19/h4-12H,3H2,1-2H3/t12-/m1/s1. The number of benzene rings is 2. The summed E-state index contributed by atoms with van der Waals surface area (Å²) < 4.78 is 21.5. The van der Waals surface area contributed by atoms with Gasteiger partial charge >= 0.3 is 5.97 Å². The van der Waals surface area contributed by atoms with E-state index in [0.717, 1.165) is 0 Å². The first-order valence-electron chi connectivity index (χ1n) is 8.88. The molecule has 1 aromatic heterocycles. The van der Waals surface area contributed by atoms with E-state index in [1.54, 1.807) is 48.1 Å². The Kier molecular flexibility index (Phi) is 4.73. The molecule has 7 heteroatoms. The van der Waals surface area contributed by atoms with Crippen LogP contribution in [0.3, 0.4) is 0 Å². The second-order valence-electron chi connectivity index (χ2n) is 6.36. The van der Waals surface area contributed by atoms with Crippen LogP contribution in [-0.4, -0.2) is 27.8 Å². The van der Waals surface area contributed by atoms with Crippen LogP contribution in [0.5, 0.6) is 0 Å². The molecule has 5 nitrogen and oxygen atoms in total. The zero-order chi connectivity index (χ0) is 19.8. The Hall–Kier alpha value is -2.99. The molecule has 4 rings (SSSR count). The molecule has 0 aliphatic carbocycles. The Bertz CT molecular complexity index is 1110. The van der Waals surface area contributed by atoms with Gasteiger partial charge in [0.1, 0.15) is 12.1 Å². The van der Waals surface area contributed by atoms with Crippen molar-refractivity contribution in [1.29, 1.82) is 0 Å². The van der Waals surface area contributed by atoms with Crippen molar-refractivity contribution in [2.75, 3.05) is 6.61 Å². The molecule has 0 amide bonds. The van der Waals surface area contributed by atoms with Gasteiger partial charge in [0.25, 0.3) is 0 Å². The minimum atomic E-state index is -0.511. The number of rotatable bonds is 3. The van der Waals surface area contributed by atoms with Crippen molar-refractivity contribution < 1.29 is 13.9 Å². The van der Waals surface area contributed by atoms with Gasteiger partial charge in [0.15, 0.2) is 5.69 Å². The van der Waals surface area contributed by atoms with Gasteiger partial charge in [-0.25, -0.2) is 14.2 Å². The summed E-state index contributed by atoms with van der Waals surface area (Å²) in [6.07, 6.45) is 1.56. The number of aliphatic imine (C=N–C) groups is 1. The van der Waals surface area contributed by atoms with Crippen molar-refractivity contribution in [1.82, 2.24) is 9.55 Å². The predicted octanol–water partition coefficient (Wildman–Crippen LogP) is 4.75. The molecule has 0 bridgehead atoms. The lowest BCUT2D eigenvalue weighted by molar-refractivity contribution is 0.0518. The number of imidazole rings is 1. The number of fused-ring (bicyclic) bond motifs is 3. The normalized spacial score (nSPS) is 15.3. The Morgan fingerprint density at radius 3 is 2.79 bits per heavy atom. The third kappa shape index (κ3) is 2.99. The number of carbonyl (C=O) groups is 1. The first-order chi connectivity index (χ1) is 13.5. The summed E-state index contributed by atoms with van der Waals surface area (Å²) >= 11 is 6.24. The summed E-state index contributed by atoms with van der Waals surface area (Å²) in [6, 6.07) is 11.3. The van der Waals surface area contributed by atoms with E-state index < -0.39 is 12.0 Å². The molecule has 0 radical (unpaired) electrons. The van der Waals surface area contributed by atoms with Crippen molar-refractivity contribution >= 4 is 23.3 Å². The number of esters is 1. The van der Waals surface area contributed by atoms with Gasteiger partial charge in [-0.15, -0.1) is 0 Å². The average molecular weight is 398 g/mol. The Balaban J connectivity index is 2.00. The van der Waals surface area contributed by atoms with Crippen molar-refractivity contribution in [3.8, 4) is 5.69 Å². The number of hydrogen-bond acceptors (Lipinski definition) is 4. The van der Waals surface area contributed by atoms with Gasteiger partial charge < -0.3 is 4.74 Å². The van der Waals surface area contributed by atoms with Crippen LogP contribution in [0, 0.1) is 5.82 Å². The van der Waals surface area contributed by atoms with E-state index in [1.165, 1.54) is 6.07 Å². The minimum absolute atomic E-state index is 0.203. The van der Waals surface area contributed by atoms with Crippen LogP contribution < -0.4 is 0 Å². The third-order valence-electron chi connectivity index (χ3n) is 4.59. The quantitative estimate of drug-likeness (QED) is 0.599. The third-order valence-corrected chi connectivity index (χ3v) is 4.83. The molecule has 2 heterocycles. The fourth-order valence-electron chi connectivity index (χ4n) is 3.41. The van der Waals surface area contributed by atoms with Crippen LogP contribution in [0.4, 0.5) is 4.39 Å². The first-order valence-corrected chi connectivity index (χ1v) is 9.26. The minimum Gasteiger partial charge on any atom is -0.461 e. The summed E-state index contributed by atoms with van der Waals surface area (Å²) in [4.78, 5) is 21.4. The molecule has 28 heavy (non-hydrogen) atoms. The SMILES string of the molecule is CCOC(=O)c1ncn2c1[C@@H](C)N=C(c1ccccc1F)c1cc(Cl)ccc1-2. The number of carbonyl (C=O) groups excluding carboxylic acids is 1. The summed E-state index contributed by atoms with van der Waals surface area (Å²) in [7, 11) is 0. The summed E-state index contributed by atoms with van der Waals surface area (Å²) in [5, 5.41) is 0.504. The van der Waals surface area contributed by atoms with E-state index in [0.29, 0.717) is 33.2 Å². The molecular weight excluding hydrogens is 381 g/mol. The van der Waals surface area contributed by atoms with Gasteiger partial charge in [0.05, 0.1) is 29.7 Å². The highest BCUT2D eigenvalue weighted by Crippen LogP contribution is 2.34. The predicted molar refractivity (Wildman–Crippen MR) is 105 cm³/mol. The molecule has 0 saturated carbocycles. The van der Waals surface area contributed by atoms with Crippen molar-refractivity contribution in [2.45, 2.75) is 19.9 Å². The number of nitrogens with zero attached hydrogens (tertiary/aromatic N) is 3. The molecule has 1 aliphatic heterocycles. The van der Waals surface area contributed by atoms with E-state index in [-0.39, 0.29) is 18.1 Å². The molecule has 0 spiro atoms. The first kappa shape index (κ1) is 18.4. The highest BCUT2D eigenvalue weighted by Gasteiger charge is 2.29. The zero-order valence-corrected chi connectivity index (χ0v) is 16.1. The largest absolute Gasteiger partial charge is 0.461 e. The Morgan fingerprint density at radius 2 is 2.04 bits per heavy atom. The van der Waals surface area contributed by atoms with Crippen molar-refractivity contribution in [3.63, 3.8) is 0 Å². The number of aromatic nitrogens is 2. The topological polar surface area (TPSA) is 56.5 Å². The summed E-state index contributed by atoms with van der Waals surface area (Å²) in [5.41, 5.74) is 3.02. The summed E-state index contributed by atoms with van der Waals surface area (Å²) in [5.74, 6) is -0.891. The maximum Gasteiger partial charge on any atom is 0.358 e. The maximum atomic E-state index is 14.6. The molecule has 1 atom stereocenters. The van der Waals surface area contributed by atoms with E-state index in [1.807, 2.05) is 13.0 Å². The second kappa shape index (κ2) is 7.20. The molecular formula is C21H17ClFN3O2. The Labute approximate surface area is 166 Å². The molecule has 3 aromatic rings. The fourth-order valence-corrected chi connectivity index (χ4v) is 3.58. The van der Waals surface area contributed by atoms with Gasteiger partial charge in [-0.1, -0.05) is 23.7 Å². The van der Waals surface area contributed by atoms with E-state index in [4.69, 9.17) is 21.3 Å². The van der Waals surface area contributed by atoms with Gasteiger partial charge in [-0.3, -0.25) is 9.56 Å². The lowest BCUT2D eigenvalue weighted by Crippen LogP contribution is -2.11. The Morgan fingerprint density at radius 1 is 1.25 bits per heavy atom. The second-order valence-corrected chi connectivity index (χ2v) is 6.80. The number of hydrogen-bond donors (Lipinski definition) is 0. The number of ether oxygens (including phenoxy) is 1. The molecule has 1 aliphatic rings. The highest BCUT2D eigenvalue weighted by molar-refractivity contribution is 6.31. The monoisotopic (exact) mass is 397 g/mol.